The van der Waals surface area contributed by atoms with Crippen LogP contribution in [0.25, 0.3) is 0 Å². The fourth-order valence-electron chi connectivity index (χ4n) is 2.59. The average Bonchev–Trinajstić information content (AvgIpc) is 2.33. The van der Waals surface area contributed by atoms with E-state index in [0.29, 0.717) is 19.1 Å². The lowest BCUT2D eigenvalue weighted by Crippen LogP contribution is -2.49. The van der Waals surface area contributed by atoms with Gasteiger partial charge < -0.3 is 14.6 Å². The van der Waals surface area contributed by atoms with E-state index in [9.17, 15) is 5.11 Å². The Labute approximate surface area is 105 Å². The van der Waals surface area contributed by atoms with Crippen molar-refractivity contribution in [3.05, 3.63) is 0 Å². The molecule has 0 amide bonds. The summed E-state index contributed by atoms with van der Waals surface area (Å²) in [5, 5.41) is 10.1. The molecule has 0 aromatic carbocycles. The van der Waals surface area contributed by atoms with Crippen molar-refractivity contribution in [1.29, 1.82) is 0 Å². The predicted octanol–water partition coefficient (Wildman–Crippen LogP) is 1.13. The number of aliphatic hydroxyl groups is 1. The zero-order chi connectivity index (χ0) is 12.7. The Morgan fingerprint density at radius 3 is 2.24 bits per heavy atom. The molecule has 0 aromatic rings. The molecule has 1 aliphatic rings. The van der Waals surface area contributed by atoms with E-state index >= 15 is 0 Å². The molecular weight excluding hydrogens is 218 g/mol. The fourth-order valence-corrected chi connectivity index (χ4v) is 2.59. The van der Waals surface area contributed by atoms with Gasteiger partial charge in [0.05, 0.1) is 19.3 Å². The highest BCUT2D eigenvalue weighted by Gasteiger charge is 2.31. The van der Waals surface area contributed by atoms with Gasteiger partial charge in [0.2, 0.25) is 0 Å². The van der Waals surface area contributed by atoms with Crippen molar-refractivity contribution < 1.29 is 14.6 Å². The third-order valence-electron chi connectivity index (χ3n) is 3.68. The van der Waals surface area contributed by atoms with Crippen LogP contribution in [-0.2, 0) is 9.47 Å². The predicted molar refractivity (Wildman–Crippen MR) is 68.1 cm³/mol. The lowest BCUT2D eigenvalue weighted by molar-refractivity contribution is -0.0124. The van der Waals surface area contributed by atoms with E-state index in [-0.39, 0.29) is 12.1 Å². The van der Waals surface area contributed by atoms with Crippen LogP contribution in [0.15, 0.2) is 0 Å². The molecule has 1 N–H and O–H groups in total. The van der Waals surface area contributed by atoms with E-state index in [1.54, 1.807) is 14.2 Å². The summed E-state index contributed by atoms with van der Waals surface area (Å²) < 4.78 is 10.3. The molecule has 3 atom stereocenters. The third-order valence-corrected chi connectivity index (χ3v) is 3.68. The van der Waals surface area contributed by atoms with E-state index < -0.39 is 0 Å². The van der Waals surface area contributed by atoms with E-state index in [0.717, 1.165) is 32.4 Å². The van der Waals surface area contributed by atoms with Crippen molar-refractivity contribution in [1.82, 2.24) is 4.90 Å². The van der Waals surface area contributed by atoms with Gasteiger partial charge in [-0.15, -0.1) is 0 Å². The summed E-state index contributed by atoms with van der Waals surface area (Å²) in [6.45, 7) is 5.43. The van der Waals surface area contributed by atoms with E-state index in [4.69, 9.17) is 9.47 Å². The largest absolute Gasteiger partial charge is 0.391 e. The lowest BCUT2D eigenvalue weighted by atomic mass is 9.84. The molecule has 0 saturated heterocycles. The van der Waals surface area contributed by atoms with Gasteiger partial charge in [-0.25, -0.2) is 0 Å². The molecule has 1 saturated carbocycles. The van der Waals surface area contributed by atoms with Crippen molar-refractivity contribution >= 4 is 0 Å². The van der Waals surface area contributed by atoms with Crippen LogP contribution in [0.1, 0.15) is 26.2 Å². The molecule has 1 fully saturated rings. The Hall–Kier alpha value is -0.160. The fraction of sp³-hybridized carbons (Fsp3) is 1.00. The van der Waals surface area contributed by atoms with Crippen LogP contribution in [0.3, 0.4) is 0 Å². The van der Waals surface area contributed by atoms with Crippen LogP contribution >= 0.6 is 0 Å². The Morgan fingerprint density at radius 2 is 1.71 bits per heavy atom. The molecule has 4 heteroatoms. The van der Waals surface area contributed by atoms with Crippen molar-refractivity contribution in [3.8, 4) is 0 Å². The minimum Gasteiger partial charge on any atom is -0.391 e. The molecule has 4 nitrogen and oxygen atoms in total. The molecular formula is C13H27NO3. The summed E-state index contributed by atoms with van der Waals surface area (Å²) in [6, 6.07) is 0.268. The number of ether oxygens (including phenoxy) is 2. The number of methoxy groups -OCH3 is 2. The summed E-state index contributed by atoms with van der Waals surface area (Å²) >= 11 is 0. The Bertz CT molecular complexity index is 193. The molecule has 1 rings (SSSR count). The van der Waals surface area contributed by atoms with Crippen molar-refractivity contribution in [2.75, 3.05) is 40.5 Å². The summed E-state index contributed by atoms with van der Waals surface area (Å²) in [5.41, 5.74) is 0. The highest BCUT2D eigenvalue weighted by Crippen LogP contribution is 2.27. The van der Waals surface area contributed by atoms with Crippen LogP contribution in [0.4, 0.5) is 0 Å². The first kappa shape index (κ1) is 14.9. The zero-order valence-corrected chi connectivity index (χ0v) is 11.4. The maximum Gasteiger partial charge on any atom is 0.0695 e. The van der Waals surface area contributed by atoms with E-state index in [2.05, 4.69) is 11.8 Å². The summed E-state index contributed by atoms with van der Waals surface area (Å²) in [7, 11) is 3.43. The monoisotopic (exact) mass is 245 g/mol. The van der Waals surface area contributed by atoms with Gasteiger partial charge >= 0.3 is 0 Å². The standard InChI is InChI=1S/C13H27NO3/c1-11-4-5-13(15)12(10-11)14(6-8-16-2)7-9-17-3/h11-13,15H,4-10H2,1-3H3. The van der Waals surface area contributed by atoms with Crippen LogP contribution < -0.4 is 0 Å². The van der Waals surface area contributed by atoms with Gasteiger partial charge in [-0.2, -0.15) is 0 Å². The van der Waals surface area contributed by atoms with Gasteiger partial charge in [0.1, 0.15) is 0 Å². The third kappa shape index (κ3) is 4.92. The first-order valence-corrected chi connectivity index (χ1v) is 6.59. The number of rotatable bonds is 7. The number of aliphatic hydroxyl groups excluding tert-OH is 1. The van der Waals surface area contributed by atoms with Gasteiger partial charge in [0, 0.05) is 33.4 Å². The maximum atomic E-state index is 10.1. The first-order chi connectivity index (χ1) is 8.19. The summed E-state index contributed by atoms with van der Waals surface area (Å²) in [6.07, 6.45) is 2.94. The smallest absolute Gasteiger partial charge is 0.0695 e. The molecule has 0 bridgehead atoms. The minimum absolute atomic E-state index is 0.195. The maximum absolute atomic E-state index is 10.1. The normalized spacial score (nSPS) is 29.8. The zero-order valence-electron chi connectivity index (χ0n) is 11.4. The molecule has 102 valence electrons. The van der Waals surface area contributed by atoms with Gasteiger partial charge in [-0.1, -0.05) is 6.92 Å². The van der Waals surface area contributed by atoms with Crippen LogP contribution in [0.5, 0.6) is 0 Å². The van der Waals surface area contributed by atoms with Gasteiger partial charge in [-0.3, -0.25) is 4.90 Å². The molecule has 0 aliphatic heterocycles. The Kier molecular flexibility index (Phi) is 7.04. The molecule has 0 heterocycles. The number of nitrogens with zero attached hydrogens (tertiary/aromatic N) is 1. The highest BCUT2D eigenvalue weighted by atomic mass is 16.5. The second-order valence-electron chi connectivity index (χ2n) is 5.07. The van der Waals surface area contributed by atoms with Gasteiger partial charge in [0.15, 0.2) is 0 Å². The molecule has 3 unspecified atom stereocenters. The molecule has 0 spiro atoms. The average molecular weight is 245 g/mol. The van der Waals surface area contributed by atoms with Crippen LogP contribution in [0.2, 0.25) is 0 Å². The second kappa shape index (κ2) is 8.03. The van der Waals surface area contributed by atoms with E-state index in [1.807, 2.05) is 0 Å². The van der Waals surface area contributed by atoms with Crippen LogP contribution in [-0.4, -0.2) is 62.7 Å². The lowest BCUT2D eigenvalue weighted by Gasteiger charge is -2.39. The quantitative estimate of drug-likeness (QED) is 0.730. The first-order valence-electron chi connectivity index (χ1n) is 6.59. The molecule has 1 aliphatic carbocycles. The Balaban J connectivity index is 2.52. The summed E-state index contributed by atoms with van der Waals surface area (Å²) in [5.74, 6) is 0.705. The topological polar surface area (TPSA) is 41.9 Å². The van der Waals surface area contributed by atoms with Crippen molar-refractivity contribution in [2.45, 2.75) is 38.3 Å². The highest BCUT2D eigenvalue weighted by molar-refractivity contribution is 4.85. The van der Waals surface area contributed by atoms with Gasteiger partial charge in [-0.05, 0) is 25.2 Å². The molecule has 17 heavy (non-hydrogen) atoms. The summed E-state index contributed by atoms with van der Waals surface area (Å²) in [4.78, 5) is 2.31. The second-order valence-corrected chi connectivity index (χ2v) is 5.07. The molecule has 0 aromatic heterocycles. The van der Waals surface area contributed by atoms with Crippen molar-refractivity contribution in [3.63, 3.8) is 0 Å². The minimum atomic E-state index is -0.195. The van der Waals surface area contributed by atoms with E-state index in [1.165, 1.54) is 0 Å². The number of hydrogen-bond donors (Lipinski definition) is 1. The van der Waals surface area contributed by atoms with Crippen LogP contribution in [0, 0.1) is 5.92 Å². The van der Waals surface area contributed by atoms with Crippen molar-refractivity contribution in [2.24, 2.45) is 5.92 Å². The van der Waals surface area contributed by atoms with Gasteiger partial charge in [0.25, 0.3) is 0 Å². The molecule has 0 radical (unpaired) electrons. The Morgan fingerprint density at radius 1 is 1.12 bits per heavy atom. The number of hydrogen-bond acceptors (Lipinski definition) is 4. The SMILES string of the molecule is COCCN(CCOC)C1CC(C)CCC1O.